The lowest BCUT2D eigenvalue weighted by Gasteiger charge is -2.42. The Morgan fingerprint density at radius 2 is 1.95 bits per heavy atom. The molecule has 0 bridgehead atoms. The van der Waals surface area contributed by atoms with E-state index in [1.165, 1.54) is 35.7 Å². The van der Waals surface area contributed by atoms with Gasteiger partial charge in [-0.15, -0.1) is 0 Å². The number of rotatable bonds is 4. The van der Waals surface area contributed by atoms with Gasteiger partial charge in [-0.25, -0.2) is 0 Å². The third-order valence-corrected chi connectivity index (χ3v) is 5.71. The first-order valence-corrected chi connectivity index (χ1v) is 9.08. The molecule has 1 nitrogen and oxygen atoms in total. The molecule has 0 amide bonds. The van der Waals surface area contributed by atoms with Crippen LogP contribution in [-0.4, -0.2) is 13.6 Å². The second kappa shape index (κ2) is 7.28. The maximum Gasteiger partial charge on any atom is 0.0177 e. The van der Waals surface area contributed by atoms with Crippen molar-refractivity contribution in [2.75, 3.05) is 13.6 Å². The Hall–Kier alpha value is -0.340. The van der Waals surface area contributed by atoms with E-state index in [1.807, 2.05) is 0 Å². The molecular formula is C19H30BrN. The third-order valence-electron chi connectivity index (χ3n) is 5.22. The number of nitrogens with one attached hydrogen (secondary N) is 1. The lowest BCUT2D eigenvalue weighted by molar-refractivity contribution is 0.0980. The normalized spacial score (nSPS) is 26.8. The summed E-state index contributed by atoms with van der Waals surface area (Å²) in [5.41, 5.74) is 1.92. The summed E-state index contributed by atoms with van der Waals surface area (Å²) in [5, 5.41) is 3.41. The first-order valence-electron chi connectivity index (χ1n) is 8.29. The molecule has 1 fully saturated rings. The van der Waals surface area contributed by atoms with Gasteiger partial charge in [-0.3, -0.25) is 0 Å². The molecule has 1 aliphatic rings. The predicted octanol–water partition coefficient (Wildman–Crippen LogP) is 5.29. The van der Waals surface area contributed by atoms with Crippen molar-refractivity contribution in [2.24, 2.45) is 23.2 Å². The summed E-state index contributed by atoms with van der Waals surface area (Å²) in [4.78, 5) is 0. The van der Waals surface area contributed by atoms with Crippen LogP contribution in [0.1, 0.15) is 45.6 Å². The first kappa shape index (κ1) is 17.0. The molecular weight excluding hydrogens is 322 g/mol. The summed E-state index contributed by atoms with van der Waals surface area (Å²) in [5.74, 6) is 2.50. The highest BCUT2D eigenvalue weighted by molar-refractivity contribution is 9.10. The first-order chi connectivity index (χ1) is 9.90. The number of hydrogen-bond acceptors (Lipinski definition) is 1. The topological polar surface area (TPSA) is 12.0 Å². The summed E-state index contributed by atoms with van der Waals surface area (Å²) in [6, 6.07) is 8.85. The summed E-state index contributed by atoms with van der Waals surface area (Å²) in [6.07, 6.45) is 5.37. The zero-order valence-corrected chi connectivity index (χ0v) is 15.5. The second-order valence-electron chi connectivity index (χ2n) is 7.79. The fraction of sp³-hybridized carbons (Fsp3) is 0.684. The van der Waals surface area contributed by atoms with E-state index in [4.69, 9.17) is 0 Å². The Bertz CT molecular complexity index is 449. The Morgan fingerprint density at radius 1 is 1.19 bits per heavy atom. The van der Waals surface area contributed by atoms with Crippen molar-refractivity contribution in [1.82, 2.24) is 5.32 Å². The molecule has 1 aromatic carbocycles. The van der Waals surface area contributed by atoms with Crippen LogP contribution in [0, 0.1) is 23.2 Å². The van der Waals surface area contributed by atoms with Crippen LogP contribution >= 0.6 is 15.9 Å². The molecule has 3 atom stereocenters. The van der Waals surface area contributed by atoms with Crippen molar-refractivity contribution in [3.63, 3.8) is 0 Å². The number of halogens is 1. The van der Waals surface area contributed by atoms with E-state index in [0.29, 0.717) is 5.41 Å². The van der Waals surface area contributed by atoms with Crippen molar-refractivity contribution >= 4 is 15.9 Å². The van der Waals surface area contributed by atoms with Crippen molar-refractivity contribution in [2.45, 2.75) is 46.5 Å². The number of benzene rings is 1. The SMILES string of the molecule is CNCC1CCC(C(C)(C)C)CC1Cc1cccc(Br)c1. The molecule has 2 rings (SSSR count). The van der Waals surface area contributed by atoms with Crippen LogP contribution in [0.4, 0.5) is 0 Å². The van der Waals surface area contributed by atoms with E-state index in [1.54, 1.807) is 0 Å². The van der Waals surface area contributed by atoms with Gasteiger partial charge in [0, 0.05) is 4.47 Å². The van der Waals surface area contributed by atoms with Gasteiger partial charge < -0.3 is 5.32 Å². The second-order valence-corrected chi connectivity index (χ2v) is 8.70. The lowest BCUT2D eigenvalue weighted by atomic mass is 9.64. The highest BCUT2D eigenvalue weighted by atomic mass is 79.9. The third kappa shape index (κ3) is 4.82. The zero-order chi connectivity index (χ0) is 15.5. The molecule has 0 heterocycles. The van der Waals surface area contributed by atoms with Gasteiger partial charge in [0.05, 0.1) is 0 Å². The molecule has 0 aliphatic heterocycles. The average molecular weight is 352 g/mol. The Morgan fingerprint density at radius 3 is 2.57 bits per heavy atom. The maximum atomic E-state index is 3.60. The molecule has 1 aromatic rings. The molecule has 0 spiro atoms. The minimum atomic E-state index is 0.445. The highest BCUT2D eigenvalue weighted by Crippen LogP contribution is 2.43. The lowest BCUT2D eigenvalue weighted by Crippen LogP contribution is -2.36. The predicted molar refractivity (Wildman–Crippen MR) is 95.5 cm³/mol. The van der Waals surface area contributed by atoms with Crippen LogP contribution in [-0.2, 0) is 6.42 Å². The van der Waals surface area contributed by atoms with E-state index in [-0.39, 0.29) is 0 Å². The molecule has 1 saturated carbocycles. The molecule has 0 saturated heterocycles. The van der Waals surface area contributed by atoms with Crippen LogP contribution in [0.2, 0.25) is 0 Å². The van der Waals surface area contributed by atoms with Gasteiger partial charge in [-0.05, 0) is 80.1 Å². The number of hydrogen-bond donors (Lipinski definition) is 1. The molecule has 0 aromatic heterocycles. The Labute approximate surface area is 139 Å². The van der Waals surface area contributed by atoms with Crippen LogP contribution in [0.15, 0.2) is 28.7 Å². The largest absolute Gasteiger partial charge is 0.319 e. The van der Waals surface area contributed by atoms with Gasteiger partial charge in [-0.1, -0.05) is 48.8 Å². The molecule has 3 unspecified atom stereocenters. The molecule has 1 N–H and O–H groups in total. The Balaban J connectivity index is 2.10. The smallest absolute Gasteiger partial charge is 0.0177 e. The molecule has 0 radical (unpaired) electrons. The quantitative estimate of drug-likeness (QED) is 0.776. The van der Waals surface area contributed by atoms with E-state index >= 15 is 0 Å². The standard InChI is InChI=1S/C19H30BrN/c1-19(2,3)17-9-8-15(13-21-4)16(12-17)10-14-6-5-7-18(20)11-14/h5-7,11,15-17,21H,8-10,12-13H2,1-4H3. The fourth-order valence-corrected chi connectivity index (χ4v) is 4.31. The van der Waals surface area contributed by atoms with Gasteiger partial charge in [0.25, 0.3) is 0 Å². The van der Waals surface area contributed by atoms with Crippen LogP contribution in [0.25, 0.3) is 0 Å². The molecule has 21 heavy (non-hydrogen) atoms. The molecule has 118 valence electrons. The summed E-state index contributed by atoms with van der Waals surface area (Å²) >= 11 is 3.60. The maximum absolute atomic E-state index is 3.60. The fourth-order valence-electron chi connectivity index (χ4n) is 3.86. The summed E-state index contributed by atoms with van der Waals surface area (Å²) < 4.78 is 1.20. The molecule has 2 heteroatoms. The van der Waals surface area contributed by atoms with E-state index in [2.05, 4.69) is 73.3 Å². The summed E-state index contributed by atoms with van der Waals surface area (Å²) in [7, 11) is 2.09. The highest BCUT2D eigenvalue weighted by Gasteiger charge is 2.35. The van der Waals surface area contributed by atoms with Crippen molar-refractivity contribution < 1.29 is 0 Å². The molecule has 1 aliphatic carbocycles. The summed E-state index contributed by atoms with van der Waals surface area (Å²) in [6.45, 7) is 8.39. The van der Waals surface area contributed by atoms with Gasteiger partial charge in [0.1, 0.15) is 0 Å². The average Bonchev–Trinajstić information content (AvgIpc) is 2.40. The zero-order valence-electron chi connectivity index (χ0n) is 14.0. The Kier molecular flexibility index (Phi) is 5.90. The van der Waals surface area contributed by atoms with Gasteiger partial charge in [-0.2, -0.15) is 0 Å². The van der Waals surface area contributed by atoms with Gasteiger partial charge in [0.2, 0.25) is 0 Å². The van der Waals surface area contributed by atoms with E-state index < -0.39 is 0 Å². The van der Waals surface area contributed by atoms with E-state index in [0.717, 1.165) is 24.3 Å². The van der Waals surface area contributed by atoms with Gasteiger partial charge in [0.15, 0.2) is 0 Å². The monoisotopic (exact) mass is 351 g/mol. The minimum Gasteiger partial charge on any atom is -0.319 e. The van der Waals surface area contributed by atoms with Gasteiger partial charge >= 0.3 is 0 Å². The minimum absolute atomic E-state index is 0.445. The van der Waals surface area contributed by atoms with Crippen molar-refractivity contribution in [3.8, 4) is 0 Å². The van der Waals surface area contributed by atoms with Crippen molar-refractivity contribution in [1.29, 1.82) is 0 Å². The van der Waals surface area contributed by atoms with Crippen LogP contribution < -0.4 is 5.32 Å². The van der Waals surface area contributed by atoms with E-state index in [9.17, 15) is 0 Å². The van der Waals surface area contributed by atoms with Crippen LogP contribution in [0.3, 0.4) is 0 Å². The van der Waals surface area contributed by atoms with Crippen LogP contribution in [0.5, 0.6) is 0 Å². The van der Waals surface area contributed by atoms with Crippen molar-refractivity contribution in [3.05, 3.63) is 34.3 Å².